The van der Waals surface area contributed by atoms with Crippen LogP contribution in [0.2, 0.25) is 0 Å². The number of nitrogens with one attached hydrogen (secondary N) is 1. The van der Waals surface area contributed by atoms with Crippen LogP contribution in [0.5, 0.6) is 0 Å². The average Bonchev–Trinajstić information content (AvgIpc) is 2.90. The molecule has 2 heterocycles. The molecule has 1 aromatic heterocycles. The molecule has 1 aromatic rings. The highest BCUT2D eigenvalue weighted by atomic mass is 32.1. The van der Waals surface area contributed by atoms with Crippen LogP contribution in [0, 0.1) is 0 Å². The summed E-state index contributed by atoms with van der Waals surface area (Å²) in [5, 5.41) is 8.04. The van der Waals surface area contributed by atoms with E-state index in [1.54, 1.807) is 11.3 Å². The normalized spacial score (nSPS) is 21.9. The second kappa shape index (κ2) is 7.93. The minimum absolute atomic E-state index is 0.516. The van der Waals surface area contributed by atoms with Gasteiger partial charge >= 0.3 is 0 Å². The average molecular weight is 267 g/mol. The molecule has 1 N–H and O–H groups in total. The Morgan fingerprint density at radius 3 is 3.11 bits per heavy atom. The lowest BCUT2D eigenvalue weighted by atomic mass is 9.98. The lowest BCUT2D eigenvalue weighted by molar-refractivity contribution is 0.00861. The topological polar surface area (TPSA) is 21.3 Å². The largest absolute Gasteiger partial charge is 0.378 e. The Balaban J connectivity index is 1.74. The van der Waals surface area contributed by atoms with Crippen LogP contribution < -0.4 is 5.32 Å². The summed E-state index contributed by atoms with van der Waals surface area (Å²) in [4.78, 5) is 0. The van der Waals surface area contributed by atoms with Gasteiger partial charge in [0.15, 0.2) is 0 Å². The zero-order valence-electron chi connectivity index (χ0n) is 11.4. The lowest BCUT2D eigenvalue weighted by Crippen LogP contribution is -2.32. The van der Waals surface area contributed by atoms with Crippen molar-refractivity contribution >= 4 is 11.3 Å². The molecule has 102 valence electrons. The van der Waals surface area contributed by atoms with Crippen molar-refractivity contribution < 1.29 is 4.74 Å². The SMILES string of the molecule is CCNC(CCC1CCCCO1)Cc1ccsc1. The Bertz CT molecular complexity index is 306. The van der Waals surface area contributed by atoms with E-state index in [1.807, 2.05) is 0 Å². The molecule has 0 spiro atoms. The molecule has 0 aliphatic carbocycles. The minimum Gasteiger partial charge on any atom is -0.378 e. The van der Waals surface area contributed by atoms with Crippen LogP contribution in [0.1, 0.15) is 44.6 Å². The molecule has 1 aliphatic rings. The highest BCUT2D eigenvalue weighted by Crippen LogP contribution is 2.19. The Kier molecular flexibility index (Phi) is 6.18. The van der Waals surface area contributed by atoms with Crippen LogP contribution in [0.4, 0.5) is 0 Å². The molecular formula is C15H25NOS. The van der Waals surface area contributed by atoms with Crippen molar-refractivity contribution in [2.45, 2.75) is 57.6 Å². The summed E-state index contributed by atoms with van der Waals surface area (Å²) in [6.45, 7) is 4.22. The van der Waals surface area contributed by atoms with Gasteiger partial charge in [0.25, 0.3) is 0 Å². The van der Waals surface area contributed by atoms with E-state index in [-0.39, 0.29) is 0 Å². The molecule has 1 fully saturated rings. The second-order valence-corrected chi connectivity index (χ2v) is 5.94. The van der Waals surface area contributed by atoms with Crippen LogP contribution in [0.3, 0.4) is 0 Å². The maximum absolute atomic E-state index is 5.82. The van der Waals surface area contributed by atoms with Gasteiger partial charge in [-0.15, -0.1) is 0 Å². The van der Waals surface area contributed by atoms with Gasteiger partial charge in [0, 0.05) is 12.6 Å². The zero-order chi connectivity index (χ0) is 12.6. The van der Waals surface area contributed by atoms with Gasteiger partial charge in [-0.1, -0.05) is 6.92 Å². The summed E-state index contributed by atoms with van der Waals surface area (Å²) in [5.41, 5.74) is 1.47. The highest BCUT2D eigenvalue weighted by Gasteiger charge is 2.16. The molecule has 3 heteroatoms. The maximum Gasteiger partial charge on any atom is 0.0575 e. The molecule has 1 saturated heterocycles. The predicted octanol–water partition coefficient (Wildman–Crippen LogP) is 3.62. The van der Waals surface area contributed by atoms with Gasteiger partial charge < -0.3 is 10.1 Å². The van der Waals surface area contributed by atoms with Gasteiger partial charge in [-0.3, -0.25) is 0 Å². The molecule has 2 rings (SSSR count). The first kappa shape index (κ1) is 14.0. The Morgan fingerprint density at radius 1 is 1.50 bits per heavy atom. The zero-order valence-corrected chi connectivity index (χ0v) is 12.2. The van der Waals surface area contributed by atoms with Crippen molar-refractivity contribution in [1.29, 1.82) is 0 Å². The predicted molar refractivity (Wildman–Crippen MR) is 78.3 cm³/mol. The number of likely N-dealkylation sites (N-methyl/N-ethyl adjacent to an activating group) is 1. The van der Waals surface area contributed by atoms with Crippen molar-refractivity contribution in [3.63, 3.8) is 0 Å². The van der Waals surface area contributed by atoms with Crippen LogP contribution in [-0.2, 0) is 11.2 Å². The molecule has 0 aromatic carbocycles. The number of hydrogen-bond acceptors (Lipinski definition) is 3. The summed E-state index contributed by atoms with van der Waals surface area (Å²) >= 11 is 1.79. The second-order valence-electron chi connectivity index (χ2n) is 5.16. The third-order valence-electron chi connectivity index (χ3n) is 3.67. The van der Waals surface area contributed by atoms with Gasteiger partial charge in [-0.05, 0) is 67.5 Å². The first-order chi connectivity index (χ1) is 8.88. The van der Waals surface area contributed by atoms with E-state index in [0.29, 0.717) is 12.1 Å². The van der Waals surface area contributed by atoms with E-state index in [0.717, 1.165) is 19.6 Å². The van der Waals surface area contributed by atoms with Crippen molar-refractivity contribution in [1.82, 2.24) is 5.32 Å². The monoisotopic (exact) mass is 267 g/mol. The lowest BCUT2D eigenvalue weighted by Gasteiger charge is -2.25. The first-order valence-corrected chi connectivity index (χ1v) is 8.19. The minimum atomic E-state index is 0.516. The Morgan fingerprint density at radius 2 is 2.44 bits per heavy atom. The molecule has 2 unspecified atom stereocenters. The van der Waals surface area contributed by atoms with Crippen LogP contribution in [0.15, 0.2) is 16.8 Å². The number of hydrogen-bond donors (Lipinski definition) is 1. The molecule has 0 amide bonds. The van der Waals surface area contributed by atoms with Crippen LogP contribution in [0.25, 0.3) is 0 Å². The Hall–Kier alpha value is -0.380. The van der Waals surface area contributed by atoms with Gasteiger partial charge in [-0.2, -0.15) is 11.3 Å². The van der Waals surface area contributed by atoms with Crippen LogP contribution >= 0.6 is 11.3 Å². The van der Waals surface area contributed by atoms with E-state index in [4.69, 9.17) is 4.74 Å². The molecule has 1 aliphatic heterocycles. The van der Waals surface area contributed by atoms with E-state index in [1.165, 1.54) is 37.7 Å². The number of ether oxygens (including phenoxy) is 1. The fourth-order valence-corrected chi connectivity index (χ4v) is 3.36. The molecule has 0 bridgehead atoms. The van der Waals surface area contributed by atoms with Crippen molar-refractivity contribution in [2.24, 2.45) is 0 Å². The van der Waals surface area contributed by atoms with Gasteiger partial charge in [0.2, 0.25) is 0 Å². The summed E-state index contributed by atoms with van der Waals surface area (Å²) in [7, 11) is 0. The summed E-state index contributed by atoms with van der Waals surface area (Å²) in [6.07, 6.45) is 7.98. The quantitative estimate of drug-likeness (QED) is 0.814. The Labute approximate surface area is 115 Å². The first-order valence-electron chi connectivity index (χ1n) is 7.24. The summed E-state index contributed by atoms with van der Waals surface area (Å²) in [5.74, 6) is 0. The van der Waals surface area contributed by atoms with E-state index in [2.05, 4.69) is 29.1 Å². The fourth-order valence-electron chi connectivity index (χ4n) is 2.68. The smallest absolute Gasteiger partial charge is 0.0575 e. The van der Waals surface area contributed by atoms with E-state index >= 15 is 0 Å². The molecule has 2 atom stereocenters. The molecular weight excluding hydrogens is 242 g/mol. The van der Waals surface area contributed by atoms with Gasteiger partial charge in [-0.25, -0.2) is 0 Å². The van der Waals surface area contributed by atoms with Gasteiger partial charge in [0.1, 0.15) is 0 Å². The summed E-state index contributed by atoms with van der Waals surface area (Å²) < 4.78 is 5.82. The maximum atomic E-state index is 5.82. The third kappa shape index (κ3) is 4.71. The molecule has 0 saturated carbocycles. The van der Waals surface area contributed by atoms with E-state index < -0.39 is 0 Å². The van der Waals surface area contributed by atoms with Gasteiger partial charge in [0.05, 0.1) is 6.10 Å². The van der Waals surface area contributed by atoms with Crippen molar-refractivity contribution in [3.8, 4) is 0 Å². The van der Waals surface area contributed by atoms with Crippen molar-refractivity contribution in [3.05, 3.63) is 22.4 Å². The molecule has 18 heavy (non-hydrogen) atoms. The number of rotatable bonds is 7. The number of thiophene rings is 1. The third-order valence-corrected chi connectivity index (χ3v) is 4.40. The molecule has 2 nitrogen and oxygen atoms in total. The van der Waals surface area contributed by atoms with Crippen LogP contribution in [-0.4, -0.2) is 25.3 Å². The van der Waals surface area contributed by atoms with Crippen molar-refractivity contribution in [2.75, 3.05) is 13.2 Å². The molecule has 0 radical (unpaired) electrons. The van der Waals surface area contributed by atoms with E-state index in [9.17, 15) is 0 Å². The fraction of sp³-hybridized carbons (Fsp3) is 0.733. The highest BCUT2D eigenvalue weighted by molar-refractivity contribution is 7.07. The standard InChI is InChI=1S/C15H25NOS/c1-2-16-14(11-13-8-10-18-12-13)6-7-15-5-3-4-9-17-15/h8,10,12,14-16H,2-7,9,11H2,1H3. The summed E-state index contributed by atoms with van der Waals surface area (Å²) in [6, 6.07) is 2.85.